The molecule has 4 atom stereocenters. The SMILES string of the molecule is CCOC(=O)[C@]1(C(C)=O)CC[C@@](C)(O)[C@@H]([N+](=O)[O-])[C@@H]1c1ccc(C)cc1. The van der Waals surface area contributed by atoms with Crippen molar-refractivity contribution in [3.63, 3.8) is 0 Å². The topological polar surface area (TPSA) is 107 Å². The van der Waals surface area contributed by atoms with E-state index in [9.17, 15) is 24.8 Å². The van der Waals surface area contributed by atoms with E-state index in [1.165, 1.54) is 13.8 Å². The van der Waals surface area contributed by atoms with Crippen molar-refractivity contribution < 1.29 is 24.4 Å². The number of hydrogen-bond donors (Lipinski definition) is 1. The van der Waals surface area contributed by atoms with E-state index in [1.54, 1.807) is 31.2 Å². The molecule has 0 bridgehead atoms. The van der Waals surface area contributed by atoms with Gasteiger partial charge in [-0.15, -0.1) is 0 Å². The van der Waals surface area contributed by atoms with Crippen LogP contribution in [0.2, 0.25) is 0 Å². The summed E-state index contributed by atoms with van der Waals surface area (Å²) in [5, 5.41) is 22.6. The molecule has 0 radical (unpaired) electrons. The molecule has 2 rings (SSSR count). The number of aryl methyl sites for hydroxylation is 1. The third kappa shape index (κ3) is 3.23. The Balaban J connectivity index is 2.75. The standard InChI is InChI=1S/C19H25NO6/c1-5-26-17(22)19(13(3)21)11-10-18(4,23)16(20(24)25)15(19)14-8-6-12(2)7-9-14/h6-9,15-16,23H,5,10-11H2,1-4H3/t15-,16-,18+,19-/m0/s1. The Morgan fingerprint density at radius 2 is 1.88 bits per heavy atom. The monoisotopic (exact) mass is 363 g/mol. The summed E-state index contributed by atoms with van der Waals surface area (Å²) in [6, 6.07) is 5.38. The summed E-state index contributed by atoms with van der Waals surface area (Å²) in [4.78, 5) is 36.8. The molecular weight excluding hydrogens is 338 g/mol. The van der Waals surface area contributed by atoms with Crippen molar-refractivity contribution in [2.24, 2.45) is 5.41 Å². The van der Waals surface area contributed by atoms with Gasteiger partial charge in [0.05, 0.1) is 12.5 Å². The maximum Gasteiger partial charge on any atom is 0.320 e. The number of nitrogens with zero attached hydrogens (tertiary/aromatic N) is 1. The van der Waals surface area contributed by atoms with Crippen LogP contribution in [0.15, 0.2) is 24.3 Å². The number of esters is 1. The molecule has 1 aliphatic carbocycles. The quantitative estimate of drug-likeness (QED) is 0.373. The highest BCUT2D eigenvalue weighted by atomic mass is 16.6. The van der Waals surface area contributed by atoms with Crippen molar-refractivity contribution in [2.75, 3.05) is 6.61 Å². The number of rotatable bonds is 5. The minimum atomic E-state index is -1.69. The van der Waals surface area contributed by atoms with Crippen LogP contribution >= 0.6 is 0 Å². The molecule has 0 spiro atoms. The highest BCUT2D eigenvalue weighted by Crippen LogP contribution is 2.53. The largest absolute Gasteiger partial charge is 0.465 e. The van der Waals surface area contributed by atoms with Crippen LogP contribution in [-0.4, -0.2) is 40.0 Å². The fraction of sp³-hybridized carbons (Fsp3) is 0.579. The minimum absolute atomic E-state index is 0.00293. The highest BCUT2D eigenvalue weighted by molar-refractivity contribution is 6.04. The number of benzene rings is 1. The van der Waals surface area contributed by atoms with Crippen molar-refractivity contribution in [3.05, 3.63) is 45.5 Å². The summed E-state index contributed by atoms with van der Waals surface area (Å²) in [5.41, 5.74) is -1.92. The second-order valence-electron chi connectivity index (χ2n) is 7.22. The van der Waals surface area contributed by atoms with Gasteiger partial charge in [-0.25, -0.2) is 0 Å². The third-order valence-corrected chi connectivity index (χ3v) is 5.44. The lowest BCUT2D eigenvalue weighted by molar-refractivity contribution is -0.555. The molecule has 0 heterocycles. The Hall–Kier alpha value is -2.28. The lowest BCUT2D eigenvalue weighted by atomic mass is 9.56. The molecule has 7 nitrogen and oxygen atoms in total. The molecule has 0 aliphatic heterocycles. The lowest BCUT2D eigenvalue weighted by Crippen LogP contribution is -2.61. The number of carbonyl (C=O) groups excluding carboxylic acids is 2. The minimum Gasteiger partial charge on any atom is -0.465 e. The van der Waals surface area contributed by atoms with E-state index in [-0.39, 0.29) is 19.4 Å². The maximum atomic E-state index is 12.8. The zero-order valence-electron chi connectivity index (χ0n) is 15.5. The summed E-state index contributed by atoms with van der Waals surface area (Å²) in [7, 11) is 0. The van der Waals surface area contributed by atoms with Crippen LogP contribution in [0.25, 0.3) is 0 Å². The maximum absolute atomic E-state index is 12.8. The third-order valence-electron chi connectivity index (χ3n) is 5.44. The molecule has 0 saturated heterocycles. The van der Waals surface area contributed by atoms with Gasteiger partial charge < -0.3 is 9.84 Å². The molecule has 1 aliphatic rings. The average molecular weight is 363 g/mol. The molecule has 0 unspecified atom stereocenters. The molecule has 142 valence electrons. The summed E-state index contributed by atoms with van der Waals surface area (Å²) in [5.74, 6) is -2.36. The van der Waals surface area contributed by atoms with Crippen molar-refractivity contribution >= 4 is 11.8 Å². The van der Waals surface area contributed by atoms with Crippen LogP contribution in [0.4, 0.5) is 0 Å². The van der Waals surface area contributed by atoms with Crippen LogP contribution in [0.5, 0.6) is 0 Å². The van der Waals surface area contributed by atoms with Gasteiger partial charge in [-0.05, 0) is 46.1 Å². The van der Waals surface area contributed by atoms with Gasteiger partial charge in [0.2, 0.25) is 6.04 Å². The van der Waals surface area contributed by atoms with Gasteiger partial charge >= 0.3 is 5.97 Å². The molecule has 0 amide bonds. The number of Topliss-reactive ketones (excluding diaryl/α,β-unsaturated/α-hetero) is 1. The number of hydrogen-bond acceptors (Lipinski definition) is 6. The van der Waals surface area contributed by atoms with Crippen LogP contribution in [0.3, 0.4) is 0 Å². The van der Waals surface area contributed by atoms with Crippen LogP contribution in [0.1, 0.15) is 50.7 Å². The fourth-order valence-corrected chi connectivity index (χ4v) is 4.00. The lowest BCUT2D eigenvalue weighted by Gasteiger charge is -2.46. The molecule has 1 fully saturated rings. The Kier molecular flexibility index (Phi) is 5.51. The van der Waals surface area contributed by atoms with Gasteiger partial charge in [0, 0.05) is 4.92 Å². The number of ether oxygens (including phenoxy) is 1. The first kappa shape index (κ1) is 20.0. The highest BCUT2D eigenvalue weighted by Gasteiger charge is 2.66. The normalized spacial score (nSPS) is 31.3. The smallest absolute Gasteiger partial charge is 0.320 e. The van der Waals surface area contributed by atoms with Gasteiger partial charge in [0.15, 0.2) is 0 Å². The number of carbonyl (C=O) groups is 2. The van der Waals surface area contributed by atoms with E-state index in [0.29, 0.717) is 5.56 Å². The molecule has 1 aromatic carbocycles. The van der Waals surface area contributed by atoms with Crippen molar-refractivity contribution in [2.45, 2.75) is 58.1 Å². The van der Waals surface area contributed by atoms with Crippen molar-refractivity contribution in [3.8, 4) is 0 Å². The molecule has 7 heteroatoms. The summed E-state index contributed by atoms with van der Waals surface area (Å²) in [6.07, 6.45) is -0.0452. The van der Waals surface area contributed by atoms with E-state index < -0.39 is 39.7 Å². The van der Waals surface area contributed by atoms with Gasteiger partial charge in [-0.3, -0.25) is 19.7 Å². The Labute approximate surface area is 152 Å². The Morgan fingerprint density at radius 1 is 1.31 bits per heavy atom. The molecule has 1 aromatic rings. The molecule has 0 aromatic heterocycles. The van der Waals surface area contributed by atoms with Gasteiger partial charge in [0.25, 0.3) is 0 Å². The van der Waals surface area contributed by atoms with Crippen molar-refractivity contribution in [1.82, 2.24) is 0 Å². The summed E-state index contributed by atoms with van der Waals surface area (Å²) < 4.78 is 5.15. The molecule has 1 saturated carbocycles. The predicted octanol–water partition coefficient (Wildman–Crippen LogP) is 2.41. The van der Waals surface area contributed by atoms with Gasteiger partial charge in [-0.1, -0.05) is 29.8 Å². The number of aliphatic hydroxyl groups is 1. The van der Waals surface area contributed by atoms with Crippen LogP contribution < -0.4 is 0 Å². The first-order valence-electron chi connectivity index (χ1n) is 8.68. The zero-order valence-corrected chi connectivity index (χ0v) is 15.5. The van der Waals surface area contributed by atoms with Gasteiger partial charge in [-0.2, -0.15) is 0 Å². The van der Waals surface area contributed by atoms with Crippen LogP contribution in [0, 0.1) is 22.5 Å². The summed E-state index contributed by atoms with van der Waals surface area (Å²) in [6.45, 7) is 6.20. The fourth-order valence-electron chi connectivity index (χ4n) is 4.00. The van der Waals surface area contributed by atoms with Crippen LogP contribution in [-0.2, 0) is 14.3 Å². The Bertz CT molecular complexity index is 711. The average Bonchev–Trinajstić information content (AvgIpc) is 2.54. The van der Waals surface area contributed by atoms with E-state index in [1.807, 2.05) is 6.92 Å². The number of ketones is 1. The molecule has 1 N–H and O–H groups in total. The van der Waals surface area contributed by atoms with E-state index in [0.717, 1.165) is 5.56 Å². The van der Waals surface area contributed by atoms with E-state index in [4.69, 9.17) is 4.74 Å². The predicted molar refractivity (Wildman–Crippen MR) is 94.3 cm³/mol. The second-order valence-corrected chi connectivity index (χ2v) is 7.22. The Morgan fingerprint density at radius 3 is 2.35 bits per heavy atom. The van der Waals surface area contributed by atoms with Crippen molar-refractivity contribution in [1.29, 1.82) is 0 Å². The number of nitro groups is 1. The zero-order chi connectivity index (χ0) is 19.7. The molecule has 26 heavy (non-hydrogen) atoms. The first-order valence-corrected chi connectivity index (χ1v) is 8.68. The van der Waals surface area contributed by atoms with E-state index >= 15 is 0 Å². The van der Waals surface area contributed by atoms with Gasteiger partial charge in [0.1, 0.15) is 16.8 Å². The molecular formula is C19H25NO6. The van der Waals surface area contributed by atoms with E-state index in [2.05, 4.69) is 0 Å². The first-order chi connectivity index (χ1) is 12.1. The summed E-state index contributed by atoms with van der Waals surface area (Å²) >= 11 is 0. The second kappa shape index (κ2) is 7.15.